The number of carbonyl (C=O) groups is 1. The van der Waals surface area contributed by atoms with Crippen molar-refractivity contribution < 1.29 is 4.79 Å². The molecule has 0 saturated carbocycles. The summed E-state index contributed by atoms with van der Waals surface area (Å²) in [5.41, 5.74) is 12.6. The monoisotopic (exact) mass is 206 g/mol. The van der Waals surface area contributed by atoms with Gasteiger partial charge in [-0.25, -0.2) is 0 Å². The van der Waals surface area contributed by atoms with Gasteiger partial charge >= 0.3 is 0 Å². The van der Waals surface area contributed by atoms with Gasteiger partial charge < -0.3 is 11.5 Å². The number of hydrogen-bond acceptors (Lipinski definition) is 3. The number of rotatable bonds is 4. The van der Waals surface area contributed by atoms with Crippen molar-refractivity contribution in [2.24, 2.45) is 11.7 Å². The third-order valence-electron chi connectivity index (χ3n) is 2.26. The molecule has 3 nitrogen and oxygen atoms in total. The van der Waals surface area contributed by atoms with Crippen molar-refractivity contribution in [3.63, 3.8) is 0 Å². The lowest BCUT2D eigenvalue weighted by molar-refractivity contribution is 0.0951. The molecule has 15 heavy (non-hydrogen) atoms. The zero-order chi connectivity index (χ0) is 11.4. The van der Waals surface area contributed by atoms with Gasteiger partial charge in [-0.15, -0.1) is 0 Å². The highest BCUT2D eigenvalue weighted by Gasteiger charge is 2.16. The third-order valence-corrected chi connectivity index (χ3v) is 2.26. The summed E-state index contributed by atoms with van der Waals surface area (Å²) in [5.74, 6) is 0.418. The normalized spacial score (nSPS) is 12.8. The number of ketones is 1. The predicted molar refractivity (Wildman–Crippen MR) is 62.6 cm³/mol. The Morgan fingerprint density at radius 1 is 1.27 bits per heavy atom. The minimum Gasteiger partial charge on any atom is -0.399 e. The summed E-state index contributed by atoms with van der Waals surface area (Å²) in [7, 11) is 0. The summed E-state index contributed by atoms with van der Waals surface area (Å²) < 4.78 is 0. The SMILES string of the molecule is CC(C)C[C@H](N)C(=O)c1ccc(N)cc1. The number of hydrogen-bond donors (Lipinski definition) is 2. The van der Waals surface area contributed by atoms with Crippen molar-refractivity contribution >= 4 is 11.5 Å². The minimum absolute atomic E-state index is 0.0105. The Morgan fingerprint density at radius 3 is 2.27 bits per heavy atom. The molecule has 1 rings (SSSR count). The second-order valence-corrected chi connectivity index (χ2v) is 4.22. The van der Waals surface area contributed by atoms with Crippen LogP contribution < -0.4 is 11.5 Å². The molecule has 0 aliphatic carbocycles. The summed E-state index contributed by atoms with van der Waals surface area (Å²) >= 11 is 0. The molecular formula is C12H18N2O. The van der Waals surface area contributed by atoms with E-state index >= 15 is 0 Å². The fourth-order valence-corrected chi connectivity index (χ4v) is 1.48. The standard InChI is InChI=1S/C12H18N2O/c1-8(2)7-11(14)12(15)9-3-5-10(13)6-4-9/h3-6,8,11H,7,13-14H2,1-2H3/t11-/m0/s1. The van der Waals surface area contributed by atoms with Gasteiger partial charge in [-0.05, 0) is 36.6 Å². The second-order valence-electron chi connectivity index (χ2n) is 4.22. The maximum absolute atomic E-state index is 11.8. The Morgan fingerprint density at radius 2 is 1.80 bits per heavy atom. The van der Waals surface area contributed by atoms with Crippen LogP contribution >= 0.6 is 0 Å². The first-order valence-corrected chi connectivity index (χ1v) is 5.16. The number of anilines is 1. The van der Waals surface area contributed by atoms with Gasteiger partial charge in [0.2, 0.25) is 0 Å². The van der Waals surface area contributed by atoms with E-state index in [0.717, 1.165) is 0 Å². The van der Waals surface area contributed by atoms with E-state index in [2.05, 4.69) is 13.8 Å². The van der Waals surface area contributed by atoms with Gasteiger partial charge in [0, 0.05) is 11.3 Å². The molecule has 0 bridgehead atoms. The van der Waals surface area contributed by atoms with E-state index < -0.39 is 6.04 Å². The summed E-state index contributed by atoms with van der Waals surface area (Å²) in [6.07, 6.45) is 0.712. The topological polar surface area (TPSA) is 69.1 Å². The Hall–Kier alpha value is -1.35. The van der Waals surface area contributed by atoms with Crippen LogP contribution in [0.3, 0.4) is 0 Å². The molecule has 0 aromatic heterocycles. The molecule has 0 radical (unpaired) electrons. The zero-order valence-electron chi connectivity index (χ0n) is 9.23. The van der Waals surface area contributed by atoms with Gasteiger partial charge in [-0.3, -0.25) is 4.79 Å². The average Bonchev–Trinajstić information content (AvgIpc) is 2.17. The Bertz CT molecular complexity index is 330. The maximum atomic E-state index is 11.8. The molecule has 0 unspecified atom stereocenters. The van der Waals surface area contributed by atoms with Crippen molar-refractivity contribution in [3.05, 3.63) is 29.8 Å². The lowest BCUT2D eigenvalue weighted by Crippen LogP contribution is -2.31. The van der Waals surface area contributed by atoms with Gasteiger partial charge in [0.05, 0.1) is 6.04 Å². The first kappa shape index (κ1) is 11.7. The fourth-order valence-electron chi connectivity index (χ4n) is 1.48. The smallest absolute Gasteiger partial charge is 0.179 e. The van der Waals surface area contributed by atoms with E-state index in [4.69, 9.17) is 11.5 Å². The van der Waals surface area contributed by atoms with Crippen molar-refractivity contribution in [1.82, 2.24) is 0 Å². The van der Waals surface area contributed by atoms with Crippen molar-refractivity contribution in [1.29, 1.82) is 0 Å². The molecule has 82 valence electrons. The molecule has 0 amide bonds. The van der Waals surface area contributed by atoms with E-state index in [0.29, 0.717) is 23.6 Å². The first-order chi connectivity index (χ1) is 7.00. The van der Waals surface area contributed by atoms with Crippen molar-refractivity contribution in [3.8, 4) is 0 Å². The highest BCUT2D eigenvalue weighted by Crippen LogP contribution is 2.11. The van der Waals surface area contributed by atoms with E-state index in [9.17, 15) is 4.79 Å². The molecule has 0 aliphatic rings. The van der Waals surface area contributed by atoms with Crippen LogP contribution in [-0.2, 0) is 0 Å². The largest absolute Gasteiger partial charge is 0.399 e. The van der Waals surface area contributed by atoms with E-state index in [1.165, 1.54) is 0 Å². The average molecular weight is 206 g/mol. The van der Waals surface area contributed by atoms with Crippen LogP contribution in [0.5, 0.6) is 0 Å². The molecule has 4 N–H and O–H groups in total. The minimum atomic E-state index is -0.409. The maximum Gasteiger partial charge on any atom is 0.179 e. The van der Waals surface area contributed by atoms with Crippen LogP contribution in [0.15, 0.2) is 24.3 Å². The highest BCUT2D eigenvalue weighted by molar-refractivity contribution is 6.00. The van der Waals surface area contributed by atoms with Crippen LogP contribution in [0.1, 0.15) is 30.6 Å². The van der Waals surface area contributed by atoms with Crippen LogP contribution in [0.4, 0.5) is 5.69 Å². The molecule has 0 fully saturated rings. The van der Waals surface area contributed by atoms with Gasteiger partial charge in [0.15, 0.2) is 5.78 Å². The lowest BCUT2D eigenvalue weighted by Gasteiger charge is -2.12. The van der Waals surface area contributed by atoms with Crippen LogP contribution in [0.25, 0.3) is 0 Å². The summed E-state index contributed by atoms with van der Waals surface area (Å²) in [6.45, 7) is 4.10. The third kappa shape index (κ3) is 3.36. The molecule has 0 heterocycles. The molecular weight excluding hydrogens is 188 g/mol. The van der Waals surface area contributed by atoms with Gasteiger partial charge in [-0.2, -0.15) is 0 Å². The van der Waals surface area contributed by atoms with Crippen LogP contribution in [0.2, 0.25) is 0 Å². The highest BCUT2D eigenvalue weighted by atomic mass is 16.1. The number of Topliss-reactive ketones (excluding diaryl/α,β-unsaturated/α-hetero) is 1. The lowest BCUT2D eigenvalue weighted by atomic mass is 9.97. The molecule has 1 atom stereocenters. The molecule has 0 aliphatic heterocycles. The van der Waals surface area contributed by atoms with Gasteiger partial charge in [0.1, 0.15) is 0 Å². The fraction of sp³-hybridized carbons (Fsp3) is 0.417. The van der Waals surface area contributed by atoms with Gasteiger partial charge in [-0.1, -0.05) is 13.8 Å². The summed E-state index contributed by atoms with van der Waals surface area (Å²) in [6, 6.07) is 6.47. The number of benzene rings is 1. The molecule has 0 spiro atoms. The number of carbonyl (C=O) groups excluding carboxylic acids is 1. The Labute approximate surface area is 90.5 Å². The second kappa shape index (κ2) is 4.94. The quantitative estimate of drug-likeness (QED) is 0.583. The van der Waals surface area contributed by atoms with Crippen molar-refractivity contribution in [2.45, 2.75) is 26.3 Å². The van der Waals surface area contributed by atoms with Crippen LogP contribution in [0, 0.1) is 5.92 Å². The zero-order valence-corrected chi connectivity index (χ0v) is 9.23. The Balaban J connectivity index is 2.72. The Kier molecular flexibility index (Phi) is 3.86. The van der Waals surface area contributed by atoms with Crippen LogP contribution in [-0.4, -0.2) is 11.8 Å². The van der Waals surface area contributed by atoms with E-state index in [-0.39, 0.29) is 5.78 Å². The molecule has 3 heteroatoms. The van der Waals surface area contributed by atoms with E-state index in [1.807, 2.05) is 0 Å². The van der Waals surface area contributed by atoms with Gasteiger partial charge in [0.25, 0.3) is 0 Å². The molecule has 0 saturated heterocycles. The van der Waals surface area contributed by atoms with Crippen molar-refractivity contribution in [2.75, 3.05) is 5.73 Å². The number of nitrogens with two attached hydrogens (primary N) is 2. The number of nitrogen functional groups attached to an aromatic ring is 1. The summed E-state index contributed by atoms with van der Waals surface area (Å²) in [4.78, 5) is 11.8. The summed E-state index contributed by atoms with van der Waals surface area (Å²) in [5, 5.41) is 0. The molecule has 1 aromatic carbocycles. The predicted octanol–water partition coefficient (Wildman–Crippen LogP) is 1.82. The first-order valence-electron chi connectivity index (χ1n) is 5.16. The molecule has 1 aromatic rings. The van der Waals surface area contributed by atoms with E-state index in [1.54, 1.807) is 24.3 Å².